The van der Waals surface area contributed by atoms with Crippen LogP contribution in [0.4, 0.5) is 0 Å². The van der Waals surface area contributed by atoms with E-state index in [1.807, 2.05) is 26.0 Å². The lowest BCUT2D eigenvalue weighted by atomic mass is 9.83. The highest BCUT2D eigenvalue weighted by Crippen LogP contribution is 2.29. The minimum absolute atomic E-state index is 0.232. The van der Waals surface area contributed by atoms with Crippen LogP contribution >= 0.6 is 0 Å². The molecule has 0 N–H and O–H groups in total. The number of ketones is 1. The van der Waals surface area contributed by atoms with Gasteiger partial charge < -0.3 is 4.74 Å². The first-order chi connectivity index (χ1) is 9.14. The standard InChI is InChI=1S/C18H28O2/c1-12(11-18(4,5)6)8-16(19)15-9-13(2)17(20-7)14(3)10-15/h9-10,12H,8,11H2,1-7H3. The van der Waals surface area contributed by atoms with E-state index in [-0.39, 0.29) is 11.2 Å². The van der Waals surface area contributed by atoms with Crippen molar-refractivity contribution in [2.45, 2.75) is 54.4 Å². The van der Waals surface area contributed by atoms with Gasteiger partial charge in [0.05, 0.1) is 7.11 Å². The predicted molar refractivity (Wildman–Crippen MR) is 84.7 cm³/mol. The summed E-state index contributed by atoms with van der Waals surface area (Å²) in [5, 5.41) is 0. The fourth-order valence-electron chi connectivity index (χ4n) is 2.99. The predicted octanol–water partition coefficient (Wildman–Crippen LogP) is 4.96. The maximum atomic E-state index is 12.4. The molecule has 1 unspecified atom stereocenters. The maximum Gasteiger partial charge on any atom is 0.163 e. The summed E-state index contributed by atoms with van der Waals surface area (Å²) in [6.07, 6.45) is 1.68. The van der Waals surface area contributed by atoms with E-state index >= 15 is 0 Å². The monoisotopic (exact) mass is 276 g/mol. The Hall–Kier alpha value is -1.31. The topological polar surface area (TPSA) is 26.3 Å². The molecule has 0 radical (unpaired) electrons. The SMILES string of the molecule is COc1c(C)cc(C(=O)CC(C)CC(C)(C)C)cc1C. The fourth-order valence-corrected chi connectivity index (χ4v) is 2.99. The molecule has 0 aliphatic heterocycles. The molecule has 0 amide bonds. The Morgan fingerprint density at radius 1 is 1.20 bits per heavy atom. The molecule has 2 nitrogen and oxygen atoms in total. The van der Waals surface area contributed by atoms with Crippen LogP contribution in [0.2, 0.25) is 0 Å². The molecule has 0 bridgehead atoms. The highest BCUT2D eigenvalue weighted by atomic mass is 16.5. The number of carbonyl (C=O) groups is 1. The Morgan fingerprint density at radius 3 is 2.10 bits per heavy atom. The first-order valence-electron chi connectivity index (χ1n) is 7.32. The van der Waals surface area contributed by atoms with E-state index in [9.17, 15) is 4.79 Å². The van der Waals surface area contributed by atoms with Gasteiger partial charge in [0.1, 0.15) is 5.75 Å². The van der Waals surface area contributed by atoms with Gasteiger partial charge in [0.25, 0.3) is 0 Å². The Kier molecular flexibility index (Phi) is 5.38. The van der Waals surface area contributed by atoms with Gasteiger partial charge in [0.2, 0.25) is 0 Å². The van der Waals surface area contributed by atoms with E-state index < -0.39 is 0 Å². The average Bonchev–Trinajstić information content (AvgIpc) is 2.25. The van der Waals surface area contributed by atoms with Crippen molar-refractivity contribution in [2.75, 3.05) is 7.11 Å². The van der Waals surface area contributed by atoms with Gasteiger partial charge in [0, 0.05) is 12.0 Å². The van der Waals surface area contributed by atoms with Crippen molar-refractivity contribution in [1.29, 1.82) is 0 Å². The third-order valence-corrected chi connectivity index (χ3v) is 3.48. The largest absolute Gasteiger partial charge is 0.496 e. The lowest BCUT2D eigenvalue weighted by Crippen LogP contribution is -2.14. The number of carbonyl (C=O) groups excluding carboxylic acids is 1. The molecule has 20 heavy (non-hydrogen) atoms. The van der Waals surface area contributed by atoms with E-state index in [0.29, 0.717) is 12.3 Å². The molecule has 0 aliphatic rings. The Labute approximate surface area is 123 Å². The Morgan fingerprint density at radius 2 is 1.70 bits per heavy atom. The van der Waals surface area contributed by atoms with Crippen molar-refractivity contribution in [3.8, 4) is 5.75 Å². The minimum Gasteiger partial charge on any atom is -0.496 e. The van der Waals surface area contributed by atoms with Crippen LogP contribution in [0.5, 0.6) is 5.75 Å². The average molecular weight is 276 g/mol. The van der Waals surface area contributed by atoms with Crippen LogP contribution in [0.1, 0.15) is 62.0 Å². The van der Waals surface area contributed by atoms with Gasteiger partial charge in [-0.1, -0.05) is 27.7 Å². The van der Waals surface area contributed by atoms with E-state index in [4.69, 9.17) is 4.74 Å². The minimum atomic E-state index is 0.232. The van der Waals surface area contributed by atoms with Gasteiger partial charge in [-0.05, 0) is 54.9 Å². The van der Waals surface area contributed by atoms with Crippen LogP contribution in [0, 0.1) is 25.2 Å². The summed E-state index contributed by atoms with van der Waals surface area (Å²) in [6, 6.07) is 3.88. The Balaban J connectivity index is 2.83. The lowest BCUT2D eigenvalue weighted by molar-refractivity contribution is 0.0954. The second-order valence-electron chi connectivity index (χ2n) is 7.14. The summed E-state index contributed by atoms with van der Waals surface area (Å²) in [4.78, 5) is 12.4. The van der Waals surface area contributed by atoms with Crippen LogP contribution < -0.4 is 4.74 Å². The van der Waals surface area contributed by atoms with Gasteiger partial charge in [-0.15, -0.1) is 0 Å². The number of rotatable bonds is 5. The molecule has 0 aromatic heterocycles. The van der Waals surface area contributed by atoms with Crippen LogP contribution in [-0.2, 0) is 0 Å². The summed E-state index contributed by atoms with van der Waals surface area (Å²) >= 11 is 0. The normalized spacial score (nSPS) is 13.2. The van der Waals surface area contributed by atoms with Crippen molar-refractivity contribution in [1.82, 2.24) is 0 Å². The highest BCUT2D eigenvalue weighted by molar-refractivity contribution is 5.96. The molecular formula is C18H28O2. The molecule has 1 aromatic carbocycles. The molecule has 0 saturated carbocycles. The van der Waals surface area contributed by atoms with E-state index in [1.165, 1.54) is 0 Å². The first kappa shape index (κ1) is 16.7. The molecule has 112 valence electrons. The molecule has 1 rings (SSSR count). The van der Waals surface area contributed by atoms with Gasteiger partial charge in [-0.25, -0.2) is 0 Å². The third-order valence-electron chi connectivity index (χ3n) is 3.48. The number of benzene rings is 1. The van der Waals surface area contributed by atoms with Gasteiger partial charge >= 0.3 is 0 Å². The summed E-state index contributed by atoms with van der Waals surface area (Å²) < 4.78 is 5.35. The van der Waals surface area contributed by atoms with Crippen LogP contribution in [-0.4, -0.2) is 12.9 Å². The van der Waals surface area contributed by atoms with E-state index in [0.717, 1.165) is 28.9 Å². The van der Waals surface area contributed by atoms with Crippen molar-refractivity contribution in [2.24, 2.45) is 11.3 Å². The number of hydrogen-bond donors (Lipinski definition) is 0. The molecule has 0 aliphatic carbocycles. The van der Waals surface area contributed by atoms with Gasteiger partial charge in [-0.3, -0.25) is 4.79 Å². The van der Waals surface area contributed by atoms with E-state index in [1.54, 1.807) is 7.11 Å². The zero-order valence-corrected chi connectivity index (χ0v) is 14.0. The second kappa shape index (κ2) is 6.43. The zero-order chi connectivity index (χ0) is 15.5. The van der Waals surface area contributed by atoms with Crippen LogP contribution in [0.25, 0.3) is 0 Å². The molecule has 0 fully saturated rings. The van der Waals surface area contributed by atoms with Crippen molar-refractivity contribution in [3.63, 3.8) is 0 Å². The summed E-state index contributed by atoms with van der Waals surface area (Å²) in [5.74, 6) is 1.52. The van der Waals surface area contributed by atoms with Crippen molar-refractivity contribution < 1.29 is 9.53 Å². The summed E-state index contributed by atoms with van der Waals surface area (Å²) in [7, 11) is 1.67. The molecule has 2 heteroatoms. The third kappa shape index (κ3) is 4.66. The number of aryl methyl sites for hydroxylation is 2. The highest BCUT2D eigenvalue weighted by Gasteiger charge is 2.19. The summed E-state index contributed by atoms with van der Waals surface area (Å²) in [5.41, 5.74) is 3.13. The van der Waals surface area contributed by atoms with Gasteiger partial charge in [-0.2, -0.15) is 0 Å². The molecule has 1 atom stereocenters. The fraction of sp³-hybridized carbons (Fsp3) is 0.611. The second-order valence-corrected chi connectivity index (χ2v) is 7.14. The lowest BCUT2D eigenvalue weighted by Gasteiger charge is -2.22. The Bertz CT molecular complexity index is 458. The number of Topliss-reactive ketones (excluding diaryl/α,β-unsaturated/α-hetero) is 1. The smallest absolute Gasteiger partial charge is 0.163 e. The van der Waals surface area contributed by atoms with Crippen molar-refractivity contribution >= 4 is 5.78 Å². The number of methoxy groups -OCH3 is 1. The number of ether oxygens (including phenoxy) is 1. The first-order valence-corrected chi connectivity index (χ1v) is 7.32. The van der Waals surface area contributed by atoms with Crippen LogP contribution in [0.15, 0.2) is 12.1 Å². The van der Waals surface area contributed by atoms with Crippen LogP contribution in [0.3, 0.4) is 0 Å². The molecule has 1 aromatic rings. The molecular weight excluding hydrogens is 248 g/mol. The molecule has 0 spiro atoms. The maximum absolute atomic E-state index is 12.4. The summed E-state index contributed by atoms with van der Waals surface area (Å²) in [6.45, 7) is 12.8. The van der Waals surface area contributed by atoms with Gasteiger partial charge in [0.15, 0.2) is 5.78 Å². The molecule has 0 heterocycles. The quantitative estimate of drug-likeness (QED) is 0.711. The zero-order valence-electron chi connectivity index (χ0n) is 14.0. The van der Waals surface area contributed by atoms with E-state index in [2.05, 4.69) is 27.7 Å². The molecule has 0 saturated heterocycles. The van der Waals surface area contributed by atoms with Crippen molar-refractivity contribution in [3.05, 3.63) is 28.8 Å². The number of hydrogen-bond acceptors (Lipinski definition) is 2.